The summed E-state index contributed by atoms with van der Waals surface area (Å²) in [6, 6.07) is 3.45. The lowest BCUT2D eigenvalue weighted by Gasteiger charge is -2.16. The molecule has 0 aromatic rings. The summed E-state index contributed by atoms with van der Waals surface area (Å²) in [7, 11) is 0. The van der Waals surface area contributed by atoms with Crippen LogP contribution in [-0.2, 0) is 0 Å². The van der Waals surface area contributed by atoms with E-state index < -0.39 is 6.10 Å². The van der Waals surface area contributed by atoms with Crippen molar-refractivity contribution in [2.24, 2.45) is 0 Å². The van der Waals surface area contributed by atoms with Gasteiger partial charge in [-0.1, -0.05) is 12.8 Å². The van der Waals surface area contributed by atoms with Crippen molar-refractivity contribution in [3.63, 3.8) is 0 Å². The van der Waals surface area contributed by atoms with E-state index in [9.17, 15) is 5.11 Å². The van der Waals surface area contributed by atoms with Crippen molar-refractivity contribution in [1.82, 2.24) is 4.90 Å². The summed E-state index contributed by atoms with van der Waals surface area (Å²) < 4.78 is 0. The van der Waals surface area contributed by atoms with Gasteiger partial charge in [0.2, 0.25) is 0 Å². The molecule has 1 saturated heterocycles. The van der Waals surface area contributed by atoms with E-state index in [0.717, 1.165) is 13.1 Å². The Morgan fingerprint density at radius 2 is 1.82 bits per heavy atom. The fourth-order valence-electron chi connectivity index (χ4n) is 1.77. The second-order valence-electron chi connectivity index (χ2n) is 4.06. The van der Waals surface area contributed by atoms with Crippen molar-refractivity contribution >= 4 is 0 Å². The van der Waals surface area contributed by atoms with E-state index in [-0.39, 0.29) is 5.57 Å². The van der Waals surface area contributed by atoms with E-state index in [2.05, 4.69) is 4.90 Å². The van der Waals surface area contributed by atoms with Gasteiger partial charge in [0.1, 0.15) is 0 Å². The lowest BCUT2D eigenvalue weighted by Crippen LogP contribution is -2.17. The van der Waals surface area contributed by atoms with Gasteiger partial charge in [0.25, 0.3) is 0 Å². The third-order valence-electron chi connectivity index (χ3n) is 2.76. The molecule has 0 aromatic heterocycles. The van der Waals surface area contributed by atoms with Crippen LogP contribution in [0.1, 0.15) is 25.7 Å². The van der Waals surface area contributed by atoms with E-state index in [1.54, 1.807) is 12.1 Å². The molecule has 1 unspecified atom stereocenters. The summed E-state index contributed by atoms with van der Waals surface area (Å²) in [6.07, 6.45) is 8.76. The molecule has 1 heterocycles. The number of nitriles is 2. The van der Waals surface area contributed by atoms with Gasteiger partial charge in [0.15, 0.2) is 6.10 Å². The average molecular weight is 231 g/mol. The summed E-state index contributed by atoms with van der Waals surface area (Å²) in [5.74, 6) is 0. The molecule has 1 atom stereocenters. The van der Waals surface area contributed by atoms with Crippen LogP contribution in [0.4, 0.5) is 0 Å². The van der Waals surface area contributed by atoms with Gasteiger partial charge in [-0.25, -0.2) is 0 Å². The van der Waals surface area contributed by atoms with Crippen LogP contribution in [0.25, 0.3) is 0 Å². The van der Waals surface area contributed by atoms with Gasteiger partial charge in [-0.15, -0.1) is 0 Å². The Labute approximate surface area is 102 Å². The molecule has 0 aromatic carbocycles. The molecule has 4 heteroatoms. The molecule has 0 bridgehead atoms. The highest BCUT2D eigenvalue weighted by Gasteiger charge is 2.07. The van der Waals surface area contributed by atoms with Crippen molar-refractivity contribution in [3.8, 4) is 12.1 Å². The molecule has 1 rings (SSSR count). The van der Waals surface area contributed by atoms with Crippen molar-refractivity contribution in [3.05, 3.63) is 23.9 Å². The van der Waals surface area contributed by atoms with E-state index in [1.165, 1.54) is 31.8 Å². The Bertz CT molecular complexity index is 365. The van der Waals surface area contributed by atoms with Gasteiger partial charge in [-0.05, 0) is 31.2 Å². The number of aliphatic hydroxyl groups is 1. The predicted octanol–water partition coefficient (Wildman–Crippen LogP) is 1.71. The minimum atomic E-state index is -1.33. The fourth-order valence-corrected chi connectivity index (χ4v) is 1.77. The number of likely N-dealkylation sites (tertiary alicyclic amines) is 1. The SMILES string of the molecule is N#CC(=CC=CN1CCCCCC1)C(O)C#N. The summed E-state index contributed by atoms with van der Waals surface area (Å²) in [5.41, 5.74) is 0.0820. The van der Waals surface area contributed by atoms with Gasteiger partial charge >= 0.3 is 0 Å². The lowest BCUT2D eigenvalue weighted by atomic mass is 10.1. The largest absolute Gasteiger partial charge is 0.377 e. The standard InChI is InChI=1S/C13H17N3O/c14-10-12(13(17)11-15)6-5-9-16-7-3-1-2-4-8-16/h5-6,9,13,17H,1-4,7-8H2. The first-order valence-corrected chi connectivity index (χ1v) is 5.88. The highest BCUT2D eigenvalue weighted by molar-refractivity contribution is 5.33. The Morgan fingerprint density at radius 1 is 1.18 bits per heavy atom. The molecule has 1 N–H and O–H groups in total. The van der Waals surface area contributed by atoms with Crippen LogP contribution >= 0.6 is 0 Å². The average Bonchev–Trinajstić information content (AvgIpc) is 2.62. The van der Waals surface area contributed by atoms with E-state index in [4.69, 9.17) is 10.5 Å². The van der Waals surface area contributed by atoms with E-state index in [1.807, 2.05) is 12.3 Å². The molecule has 17 heavy (non-hydrogen) atoms. The Morgan fingerprint density at radius 3 is 2.35 bits per heavy atom. The van der Waals surface area contributed by atoms with Crippen molar-refractivity contribution < 1.29 is 5.11 Å². The Balaban J connectivity index is 2.55. The van der Waals surface area contributed by atoms with Crippen LogP contribution in [0.2, 0.25) is 0 Å². The third kappa shape index (κ3) is 4.72. The third-order valence-corrected chi connectivity index (χ3v) is 2.76. The number of rotatable bonds is 3. The molecule has 0 radical (unpaired) electrons. The van der Waals surface area contributed by atoms with Crippen molar-refractivity contribution in [2.45, 2.75) is 31.8 Å². The minimum Gasteiger partial charge on any atom is -0.377 e. The first kappa shape index (κ1) is 13.3. The first-order valence-electron chi connectivity index (χ1n) is 5.88. The summed E-state index contributed by atoms with van der Waals surface area (Å²) in [5, 5.41) is 26.4. The van der Waals surface area contributed by atoms with Crippen LogP contribution in [0.15, 0.2) is 23.9 Å². The molecular formula is C13H17N3O. The molecular weight excluding hydrogens is 214 g/mol. The zero-order valence-corrected chi connectivity index (χ0v) is 9.84. The van der Waals surface area contributed by atoms with Crippen molar-refractivity contribution in [1.29, 1.82) is 10.5 Å². The number of nitrogens with zero attached hydrogens (tertiary/aromatic N) is 3. The molecule has 1 fully saturated rings. The quantitative estimate of drug-likeness (QED) is 0.456. The number of allylic oxidation sites excluding steroid dienone is 2. The zero-order chi connectivity index (χ0) is 12.5. The first-order chi connectivity index (χ1) is 8.27. The monoisotopic (exact) mass is 231 g/mol. The van der Waals surface area contributed by atoms with Crippen LogP contribution in [0, 0.1) is 22.7 Å². The van der Waals surface area contributed by atoms with Crippen LogP contribution in [0.3, 0.4) is 0 Å². The van der Waals surface area contributed by atoms with Gasteiger partial charge < -0.3 is 10.0 Å². The highest BCUT2D eigenvalue weighted by Crippen LogP contribution is 2.10. The predicted molar refractivity (Wildman–Crippen MR) is 64.5 cm³/mol. The maximum absolute atomic E-state index is 9.20. The van der Waals surface area contributed by atoms with E-state index >= 15 is 0 Å². The summed E-state index contributed by atoms with van der Waals surface area (Å²) in [6.45, 7) is 2.07. The molecule has 1 aliphatic heterocycles. The van der Waals surface area contributed by atoms with Gasteiger partial charge in [0, 0.05) is 13.1 Å². The smallest absolute Gasteiger partial charge is 0.175 e. The topological polar surface area (TPSA) is 71.1 Å². The molecule has 0 amide bonds. The Hall–Kier alpha value is -1.78. The molecule has 4 nitrogen and oxygen atoms in total. The zero-order valence-electron chi connectivity index (χ0n) is 9.84. The second-order valence-corrected chi connectivity index (χ2v) is 4.06. The molecule has 0 aliphatic carbocycles. The second kappa shape index (κ2) is 7.49. The Kier molecular flexibility index (Phi) is 5.85. The van der Waals surface area contributed by atoms with E-state index in [0.29, 0.717) is 0 Å². The van der Waals surface area contributed by atoms with Gasteiger partial charge in [-0.2, -0.15) is 10.5 Å². The summed E-state index contributed by atoms with van der Waals surface area (Å²) >= 11 is 0. The summed E-state index contributed by atoms with van der Waals surface area (Å²) in [4.78, 5) is 2.21. The maximum Gasteiger partial charge on any atom is 0.175 e. The minimum absolute atomic E-state index is 0.0820. The van der Waals surface area contributed by atoms with Gasteiger partial charge in [0.05, 0.1) is 17.7 Å². The number of aliphatic hydroxyl groups excluding tert-OH is 1. The molecule has 1 aliphatic rings. The number of hydrogen-bond donors (Lipinski definition) is 1. The highest BCUT2D eigenvalue weighted by atomic mass is 16.3. The number of hydrogen-bond acceptors (Lipinski definition) is 4. The van der Waals surface area contributed by atoms with Crippen LogP contribution in [0.5, 0.6) is 0 Å². The fraction of sp³-hybridized carbons (Fsp3) is 0.538. The molecule has 90 valence electrons. The molecule has 0 spiro atoms. The maximum atomic E-state index is 9.20. The van der Waals surface area contributed by atoms with Crippen LogP contribution < -0.4 is 0 Å². The van der Waals surface area contributed by atoms with Gasteiger partial charge in [-0.3, -0.25) is 0 Å². The lowest BCUT2D eigenvalue weighted by molar-refractivity contribution is 0.270. The van der Waals surface area contributed by atoms with Crippen LogP contribution in [-0.4, -0.2) is 29.2 Å². The molecule has 0 saturated carbocycles. The normalized spacial score (nSPS) is 19.5. The van der Waals surface area contributed by atoms with Crippen molar-refractivity contribution in [2.75, 3.05) is 13.1 Å².